The summed E-state index contributed by atoms with van der Waals surface area (Å²) in [6, 6.07) is 11.8. The SMILES string of the molecule is CCc1ccc(C(=O)NCc2ccc(CN(C)C)cc2)o1. The molecule has 4 nitrogen and oxygen atoms in total. The predicted molar refractivity (Wildman–Crippen MR) is 83.1 cm³/mol. The highest BCUT2D eigenvalue weighted by molar-refractivity contribution is 5.91. The van der Waals surface area contributed by atoms with Gasteiger partial charge in [0.05, 0.1) is 0 Å². The minimum atomic E-state index is -0.174. The first-order valence-electron chi connectivity index (χ1n) is 7.18. The topological polar surface area (TPSA) is 45.5 Å². The summed E-state index contributed by atoms with van der Waals surface area (Å²) < 4.78 is 5.43. The number of carbonyl (C=O) groups is 1. The summed E-state index contributed by atoms with van der Waals surface area (Å²) in [6.45, 7) is 3.41. The number of nitrogens with zero attached hydrogens (tertiary/aromatic N) is 1. The van der Waals surface area contributed by atoms with Crippen LogP contribution in [0.5, 0.6) is 0 Å². The van der Waals surface area contributed by atoms with Gasteiger partial charge >= 0.3 is 0 Å². The first kappa shape index (κ1) is 15.3. The predicted octanol–water partition coefficient (Wildman–Crippen LogP) is 2.83. The quantitative estimate of drug-likeness (QED) is 0.888. The molecule has 1 aromatic carbocycles. The Labute approximate surface area is 125 Å². The molecule has 1 aromatic heterocycles. The number of benzene rings is 1. The van der Waals surface area contributed by atoms with Crippen LogP contribution in [0.25, 0.3) is 0 Å². The van der Waals surface area contributed by atoms with Crippen molar-refractivity contribution in [2.75, 3.05) is 14.1 Å². The normalized spacial score (nSPS) is 10.9. The third-order valence-electron chi connectivity index (χ3n) is 3.21. The third-order valence-corrected chi connectivity index (χ3v) is 3.21. The van der Waals surface area contributed by atoms with Crippen molar-refractivity contribution in [1.29, 1.82) is 0 Å². The number of furan rings is 1. The lowest BCUT2D eigenvalue weighted by atomic mass is 10.1. The van der Waals surface area contributed by atoms with E-state index in [9.17, 15) is 4.79 Å². The molecule has 0 saturated carbocycles. The minimum absolute atomic E-state index is 0.174. The van der Waals surface area contributed by atoms with E-state index in [0.717, 1.165) is 24.3 Å². The molecule has 1 amide bonds. The number of amides is 1. The van der Waals surface area contributed by atoms with Crippen LogP contribution in [0.15, 0.2) is 40.8 Å². The van der Waals surface area contributed by atoms with Crippen molar-refractivity contribution in [1.82, 2.24) is 10.2 Å². The Morgan fingerprint density at radius 1 is 1.10 bits per heavy atom. The van der Waals surface area contributed by atoms with Gasteiger partial charge in [0.2, 0.25) is 0 Å². The van der Waals surface area contributed by atoms with Crippen LogP contribution >= 0.6 is 0 Å². The molecule has 0 saturated heterocycles. The number of aryl methyl sites for hydroxylation is 1. The second kappa shape index (κ2) is 7.09. The van der Waals surface area contributed by atoms with Crippen LogP contribution in [0, 0.1) is 0 Å². The zero-order valence-corrected chi connectivity index (χ0v) is 12.8. The van der Waals surface area contributed by atoms with Gasteiger partial charge < -0.3 is 14.6 Å². The van der Waals surface area contributed by atoms with E-state index in [1.807, 2.05) is 39.2 Å². The van der Waals surface area contributed by atoms with Crippen molar-refractivity contribution < 1.29 is 9.21 Å². The van der Waals surface area contributed by atoms with Gasteiger partial charge in [-0.3, -0.25) is 4.79 Å². The van der Waals surface area contributed by atoms with E-state index in [2.05, 4.69) is 22.3 Å². The van der Waals surface area contributed by atoms with Crippen LogP contribution in [0.4, 0.5) is 0 Å². The lowest BCUT2D eigenvalue weighted by molar-refractivity contribution is 0.0921. The van der Waals surface area contributed by atoms with Crippen LogP contribution in [-0.2, 0) is 19.5 Å². The van der Waals surface area contributed by atoms with Gasteiger partial charge in [-0.1, -0.05) is 31.2 Å². The fraction of sp³-hybridized carbons (Fsp3) is 0.353. The molecule has 4 heteroatoms. The van der Waals surface area contributed by atoms with Crippen molar-refractivity contribution in [2.24, 2.45) is 0 Å². The lowest BCUT2D eigenvalue weighted by Crippen LogP contribution is -2.22. The maximum Gasteiger partial charge on any atom is 0.287 e. The van der Waals surface area contributed by atoms with E-state index in [4.69, 9.17) is 4.42 Å². The van der Waals surface area contributed by atoms with Crippen molar-refractivity contribution in [3.8, 4) is 0 Å². The molecule has 0 spiro atoms. The summed E-state index contributed by atoms with van der Waals surface area (Å²) in [6.07, 6.45) is 0.792. The summed E-state index contributed by atoms with van der Waals surface area (Å²) >= 11 is 0. The maximum absolute atomic E-state index is 11.9. The zero-order chi connectivity index (χ0) is 15.2. The number of rotatable bonds is 6. The number of hydrogen-bond donors (Lipinski definition) is 1. The number of nitrogens with one attached hydrogen (secondary N) is 1. The van der Waals surface area contributed by atoms with Crippen molar-refractivity contribution >= 4 is 5.91 Å². The monoisotopic (exact) mass is 286 g/mol. The standard InChI is InChI=1S/C17H22N2O2/c1-4-15-9-10-16(21-15)17(20)18-11-13-5-7-14(8-6-13)12-19(2)3/h5-10H,4,11-12H2,1-3H3,(H,18,20). The number of hydrogen-bond acceptors (Lipinski definition) is 3. The molecular formula is C17H22N2O2. The Morgan fingerprint density at radius 2 is 1.76 bits per heavy atom. The Bertz CT molecular complexity index is 585. The summed E-state index contributed by atoms with van der Waals surface area (Å²) in [5.41, 5.74) is 2.34. The molecule has 0 atom stereocenters. The largest absolute Gasteiger partial charge is 0.456 e. The summed E-state index contributed by atoms with van der Waals surface area (Å²) in [4.78, 5) is 14.1. The van der Waals surface area contributed by atoms with Crippen LogP contribution < -0.4 is 5.32 Å². The van der Waals surface area contributed by atoms with E-state index >= 15 is 0 Å². The molecule has 0 bridgehead atoms. The van der Waals surface area contributed by atoms with E-state index < -0.39 is 0 Å². The van der Waals surface area contributed by atoms with Gasteiger partial charge in [-0.15, -0.1) is 0 Å². The lowest BCUT2D eigenvalue weighted by Gasteiger charge is -2.10. The van der Waals surface area contributed by atoms with Crippen molar-refractivity contribution in [3.05, 3.63) is 59.0 Å². The summed E-state index contributed by atoms with van der Waals surface area (Å²) in [5.74, 6) is 1.02. The van der Waals surface area contributed by atoms with Gasteiger partial charge in [0, 0.05) is 19.5 Å². The first-order valence-corrected chi connectivity index (χ1v) is 7.18. The van der Waals surface area contributed by atoms with Gasteiger partial charge in [-0.25, -0.2) is 0 Å². The summed E-state index contributed by atoms with van der Waals surface area (Å²) in [5, 5.41) is 2.87. The molecule has 0 radical (unpaired) electrons. The molecule has 0 fully saturated rings. The maximum atomic E-state index is 11.9. The molecule has 112 valence electrons. The first-order chi connectivity index (χ1) is 10.1. The Morgan fingerprint density at radius 3 is 2.33 bits per heavy atom. The molecule has 21 heavy (non-hydrogen) atoms. The van der Waals surface area contributed by atoms with E-state index in [0.29, 0.717) is 12.3 Å². The fourth-order valence-corrected chi connectivity index (χ4v) is 2.09. The van der Waals surface area contributed by atoms with Crippen LogP contribution in [-0.4, -0.2) is 24.9 Å². The molecule has 0 aliphatic rings. The molecule has 0 aliphatic carbocycles. The van der Waals surface area contributed by atoms with E-state index in [1.54, 1.807) is 6.07 Å². The Balaban J connectivity index is 1.88. The van der Waals surface area contributed by atoms with Crippen LogP contribution in [0.3, 0.4) is 0 Å². The van der Waals surface area contributed by atoms with Gasteiger partial charge in [0.25, 0.3) is 5.91 Å². The third kappa shape index (κ3) is 4.46. The minimum Gasteiger partial charge on any atom is -0.456 e. The smallest absolute Gasteiger partial charge is 0.287 e. The molecule has 2 rings (SSSR count). The molecule has 1 heterocycles. The van der Waals surface area contributed by atoms with Gasteiger partial charge in [-0.2, -0.15) is 0 Å². The molecule has 2 aromatic rings. The second-order valence-corrected chi connectivity index (χ2v) is 5.36. The van der Waals surface area contributed by atoms with Crippen LogP contribution in [0.2, 0.25) is 0 Å². The van der Waals surface area contributed by atoms with Crippen molar-refractivity contribution in [2.45, 2.75) is 26.4 Å². The Kier molecular flexibility index (Phi) is 5.17. The summed E-state index contributed by atoms with van der Waals surface area (Å²) in [7, 11) is 4.09. The highest BCUT2D eigenvalue weighted by Gasteiger charge is 2.10. The highest BCUT2D eigenvalue weighted by Crippen LogP contribution is 2.09. The fourth-order valence-electron chi connectivity index (χ4n) is 2.09. The van der Waals surface area contributed by atoms with Crippen molar-refractivity contribution in [3.63, 3.8) is 0 Å². The Hall–Kier alpha value is -2.07. The molecule has 0 aliphatic heterocycles. The molecule has 1 N–H and O–H groups in total. The average Bonchev–Trinajstić information content (AvgIpc) is 2.94. The molecular weight excluding hydrogens is 264 g/mol. The van der Waals surface area contributed by atoms with Gasteiger partial charge in [0.1, 0.15) is 5.76 Å². The van der Waals surface area contributed by atoms with E-state index in [1.165, 1.54) is 5.56 Å². The van der Waals surface area contributed by atoms with Gasteiger partial charge in [-0.05, 0) is 37.4 Å². The van der Waals surface area contributed by atoms with Crippen LogP contribution in [0.1, 0.15) is 34.4 Å². The average molecular weight is 286 g/mol. The highest BCUT2D eigenvalue weighted by atomic mass is 16.3. The second-order valence-electron chi connectivity index (χ2n) is 5.36. The molecule has 0 unspecified atom stereocenters. The zero-order valence-electron chi connectivity index (χ0n) is 12.8. The van der Waals surface area contributed by atoms with Gasteiger partial charge in [0.15, 0.2) is 5.76 Å². The van der Waals surface area contributed by atoms with E-state index in [-0.39, 0.29) is 5.91 Å². The number of carbonyl (C=O) groups excluding carboxylic acids is 1.